The minimum atomic E-state index is -0.229. The first-order chi connectivity index (χ1) is 14.4. The van der Waals surface area contributed by atoms with Gasteiger partial charge in [0.15, 0.2) is 0 Å². The molecule has 0 aliphatic rings. The summed E-state index contributed by atoms with van der Waals surface area (Å²) in [6.07, 6.45) is 0.352. The highest BCUT2D eigenvalue weighted by Crippen LogP contribution is 2.41. The SMILES string of the molecule is CCSc1ccc(CC(=O)Nc2ccc(C(C)(C)Sc3ccc(F)cc3)cc2)cc1. The molecule has 0 heterocycles. The van der Waals surface area contributed by atoms with E-state index in [9.17, 15) is 9.18 Å². The van der Waals surface area contributed by atoms with Gasteiger partial charge in [0, 0.05) is 20.2 Å². The highest BCUT2D eigenvalue weighted by Gasteiger charge is 2.22. The number of thioether (sulfide) groups is 2. The maximum Gasteiger partial charge on any atom is 0.228 e. The number of carbonyl (C=O) groups excluding carboxylic acids is 1. The molecule has 3 rings (SSSR count). The molecule has 3 aromatic carbocycles. The fourth-order valence-corrected chi connectivity index (χ4v) is 4.85. The minimum absolute atomic E-state index is 0.0291. The molecule has 3 aromatic rings. The highest BCUT2D eigenvalue weighted by molar-refractivity contribution is 8.00. The van der Waals surface area contributed by atoms with Crippen molar-refractivity contribution < 1.29 is 9.18 Å². The van der Waals surface area contributed by atoms with Gasteiger partial charge in [0.05, 0.1) is 6.42 Å². The number of rotatable bonds is 8. The van der Waals surface area contributed by atoms with Gasteiger partial charge in [0.1, 0.15) is 5.82 Å². The lowest BCUT2D eigenvalue weighted by Gasteiger charge is -2.25. The Morgan fingerprint density at radius 2 is 1.50 bits per heavy atom. The van der Waals surface area contributed by atoms with Crippen LogP contribution in [0.5, 0.6) is 0 Å². The summed E-state index contributed by atoms with van der Waals surface area (Å²) in [5.74, 6) is 0.779. The molecule has 1 amide bonds. The van der Waals surface area contributed by atoms with Crippen LogP contribution in [0.1, 0.15) is 31.9 Å². The van der Waals surface area contributed by atoms with E-state index >= 15 is 0 Å². The summed E-state index contributed by atoms with van der Waals surface area (Å²) < 4.78 is 13.0. The van der Waals surface area contributed by atoms with E-state index in [0.29, 0.717) is 6.42 Å². The standard InChI is InChI=1S/C25H26FNOS2/c1-4-29-22-13-5-18(6-14-22)17-24(28)27-21-11-7-19(8-12-21)25(2,3)30-23-15-9-20(26)10-16-23/h5-16H,4,17H2,1-3H3,(H,27,28). The van der Waals surface area contributed by atoms with Crippen molar-refractivity contribution >= 4 is 35.1 Å². The molecule has 0 saturated carbocycles. The van der Waals surface area contributed by atoms with Gasteiger partial charge in [-0.3, -0.25) is 4.79 Å². The van der Waals surface area contributed by atoms with Crippen LogP contribution < -0.4 is 5.32 Å². The molecular weight excluding hydrogens is 413 g/mol. The molecule has 30 heavy (non-hydrogen) atoms. The summed E-state index contributed by atoms with van der Waals surface area (Å²) in [6.45, 7) is 6.39. The molecule has 1 N–H and O–H groups in total. The van der Waals surface area contributed by atoms with Crippen molar-refractivity contribution in [3.63, 3.8) is 0 Å². The summed E-state index contributed by atoms with van der Waals surface area (Å²) in [5.41, 5.74) is 2.92. The molecule has 0 spiro atoms. The number of halogens is 1. The molecule has 0 unspecified atom stereocenters. The first kappa shape index (κ1) is 22.4. The molecule has 0 radical (unpaired) electrons. The maximum absolute atomic E-state index is 13.1. The second-order valence-corrected chi connectivity index (χ2v) is 10.5. The van der Waals surface area contributed by atoms with Gasteiger partial charge in [-0.15, -0.1) is 23.5 Å². The molecule has 0 bridgehead atoms. The third-order valence-electron chi connectivity index (χ3n) is 4.65. The van der Waals surface area contributed by atoms with Crippen LogP contribution in [0.4, 0.5) is 10.1 Å². The number of amides is 1. The zero-order valence-corrected chi connectivity index (χ0v) is 19.1. The van der Waals surface area contributed by atoms with Crippen LogP contribution in [0.15, 0.2) is 82.6 Å². The lowest BCUT2D eigenvalue weighted by Crippen LogP contribution is -2.15. The average Bonchev–Trinajstić information content (AvgIpc) is 2.72. The molecule has 5 heteroatoms. The van der Waals surface area contributed by atoms with Gasteiger partial charge < -0.3 is 5.32 Å². The summed E-state index contributed by atoms with van der Waals surface area (Å²) in [6, 6.07) is 22.6. The monoisotopic (exact) mass is 439 g/mol. The van der Waals surface area contributed by atoms with Gasteiger partial charge in [-0.1, -0.05) is 31.2 Å². The Labute approximate surface area is 186 Å². The van der Waals surface area contributed by atoms with Crippen LogP contribution in [0.3, 0.4) is 0 Å². The van der Waals surface area contributed by atoms with Crippen LogP contribution in [0, 0.1) is 5.82 Å². The van der Waals surface area contributed by atoms with Crippen molar-refractivity contribution in [1.29, 1.82) is 0 Å². The molecule has 0 atom stereocenters. The highest BCUT2D eigenvalue weighted by atomic mass is 32.2. The molecule has 2 nitrogen and oxygen atoms in total. The Morgan fingerprint density at radius 3 is 2.10 bits per heavy atom. The van der Waals surface area contributed by atoms with E-state index in [1.54, 1.807) is 35.7 Å². The maximum atomic E-state index is 13.1. The minimum Gasteiger partial charge on any atom is -0.326 e. The Hall–Kier alpha value is -2.24. The van der Waals surface area contributed by atoms with Crippen molar-refractivity contribution in [2.75, 3.05) is 11.1 Å². The van der Waals surface area contributed by atoms with Crippen molar-refractivity contribution in [3.05, 3.63) is 89.7 Å². The quantitative estimate of drug-likeness (QED) is 0.378. The van der Waals surface area contributed by atoms with E-state index < -0.39 is 0 Å². The summed E-state index contributed by atoms with van der Waals surface area (Å²) >= 11 is 3.47. The van der Waals surface area contributed by atoms with Crippen LogP contribution in [0.2, 0.25) is 0 Å². The lowest BCUT2D eigenvalue weighted by molar-refractivity contribution is -0.115. The third-order valence-corrected chi connectivity index (χ3v) is 6.80. The fraction of sp³-hybridized carbons (Fsp3) is 0.240. The molecule has 0 aliphatic carbocycles. The molecule has 0 fully saturated rings. The van der Waals surface area contributed by atoms with Crippen molar-refractivity contribution in [1.82, 2.24) is 0 Å². The molecule has 156 valence electrons. The Kier molecular flexibility index (Phi) is 7.62. The smallest absolute Gasteiger partial charge is 0.228 e. The number of benzene rings is 3. The topological polar surface area (TPSA) is 29.1 Å². The Bertz CT molecular complexity index is 968. The van der Waals surface area contributed by atoms with E-state index in [0.717, 1.165) is 27.5 Å². The van der Waals surface area contributed by atoms with Crippen LogP contribution >= 0.6 is 23.5 Å². The van der Waals surface area contributed by atoms with E-state index in [2.05, 4.69) is 38.2 Å². The van der Waals surface area contributed by atoms with E-state index in [4.69, 9.17) is 0 Å². The molecule has 0 saturated heterocycles. The van der Waals surface area contributed by atoms with Crippen LogP contribution in [-0.2, 0) is 16.0 Å². The largest absolute Gasteiger partial charge is 0.326 e. The zero-order chi connectivity index (χ0) is 21.6. The summed E-state index contributed by atoms with van der Waals surface area (Å²) in [4.78, 5) is 14.6. The van der Waals surface area contributed by atoms with Gasteiger partial charge in [0.2, 0.25) is 5.91 Å². The Morgan fingerprint density at radius 1 is 0.900 bits per heavy atom. The number of carbonyl (C=O) groups is 1. The van der Waals surface area contributed by atoms with Gasteiger partial charge in [-0.25, -0.2) is 4.39 Å². The summed E-state index contributed by atoms with van der Waals surface area (Å²) in [5, 5.41) is 2.97. The first-order valence-corrected chi connectivity index (χ1v) is 11.7. The van der Waals surface area contributed by atoms with Crippen molar-refractivity contribution in [3.8, 4) is 0 Å². The van der Waals surface area contributed by atoms with E-state index in [1.807, 2.05) is 36.4 Å². The van der Waals surface area contributed by atoms with E-state index in [-0.39, 0.29) is 16.5 Å². The normalized spacial score (nSPS) is 11.3. The number of nitrogens with one attached hydrogen (secondary N) is 1. The molecular formula is C25H26FNOS2. The first-order valence-electron chi connectivity index (χ1n) is 9.92. The van der Waals surface area contributed by atoms with E-state index in [1.165, 1.54) is 17.0 Å². The van der Waals surface area contributed by atoms with Crippen molar-refractivity contribution in [2.24, 2.45) is 0 Å². The van der Waals surface area contributed by atoms with Gasteiger partial charge in [-0.05, 0) is 79.3 Å². The fourth-order valence-electron chi connectivity index (χ4n) is 3.07. The molecule has 0 aromatic heterocycles. The second-order valence-electron chi connectivity index (χ2n) is 7.45. The van der Waals surface area contributed by atoms with Crippen LogP contribution in [0.25, 0.3) is 0 Å². The van der Waals surface area contributed by atoms with Gasteiger partial charge >= 0.3 is 0 Å². The average molecular weight is 440 g/mol. The Balaban J connectivity index is 1.59. The lowest BCUT2D eigenvalue weighted by atomic mass is 10.0. The van der Waals surface area contributed by atoms with Gasteiger partial charge in [-0.2, -0.15) is 0 Å². The van der Waals surface area contributed by atoms with Crippen LogP contribution in [-0.4, -0.2) is 11.7 Å². The predicted molar refractivity (Wildman–Crippen MR) is 127 cm³/mol. The summed E-state index contributed by atoms with van der Waals surface area (Å²) in [7, 11) is 0. The number of hydrogen-bond donors (Lipinski definition) is 1. The third kappa shape index (κ3) is 6.38. The van der Waals surface area contributed by atoms with Gasteiger partial charge in [0.25, 0.3) is 0 Å². The number of anilines is 1. The predicted octanol–water partition coefficient (Wildman–Crippen LogP) is 7.15. The number of hydrogen-bond acceptors (Lipinski definition) is 3. The second kappa shape index (κ2) is 10.2. The zero-order valence-electron chi connectivity index (χ0n) is 17.4. The van der Waals surface area contributed by atoms with Crippen molar-refractivity contribution in [2.45, 2.75) is 41.7 Å². The molecule has 0 aliphatic heterocycles.